The summed E-state index contributed by atoms with van der Waals surface area (Å²) in [6.45, 7) is 6.53. The minimum Gasteiger partial charge on any atom is -0.328 e. The van der Waals surface area contributed by atoms with Gasteiger partial charge in [0.2, 0.25) is 5.91 Å². The monoisotopic (exact) mass is 293 g/mol. The zero-order chi connectivity index (χ0) is 15.7. The number of aliphatic imine (C=N–C) groups is 2. The van der Waals surface area contributed by atoms with Crippen LogP contribution < -0.4 is 0 Å². The predicted octanol–water partition coefficient (Wildman–Crippen LogP) is 3.30. The van der Waals surface area contributed by atoms with Gasteiger partial charge in [0.25, 0.3) is 0 Å². The van der Waals surface area contributed by atoms with Crippen molar-refractivity contribution in [2.75, 3.05) is 0 Å². The summed E-state index contributed by atoms with van der Waals surface area (Å²) in [7, 11) is 0. The first kappa shape index (κ1) is 14.4. The second-order valence-corrected chi connectivity index (χ2v) is 5.83. The number of rotatable bonds is 1. The molecule has 1 amide bonds. The fourth-order valence-corrected chi connectivity index (χ4v) is 2.59. The van der Waals surface area contributed by atoms with E-state index in [2.05, 4.69) is 47.1 Å². The normalized spacial score (nSPS) is 18.5. The predicted molar refractivity (Wildman–Crippen MR) is 88.7 cm³/mol. The summed E-state index contributed by atoms with van der Waals surface area (Å²) >= 11 is 0. The van der Waals surface area contributed by atoms with Crippen LogP contribution in [0.1, 0.15) is 31.9 Å². The van der Waals surface area contributed by atoms with Gasteiger partial charge in [-0.3, -0.25) is 4.79 Å². The molecule has 0 unspecified atom stereocenters. The number of fused-ring (bicyclic) bond motifs is 2. The van der Waals surface area contributed by atoms with E-state index in [1.54, 1.807) is 0 Å². The van der Waals surface area contributed by atoms with Crippen molar-refractivity contribution in [1.82, 2.24) is 4.90 Å². The van der Waals surface area contributed by atoms with E-state index < -0.39 is 0 Å². The molecule has 0 saturated carbocycles. The average Bonchev–Trinajstić information content (AvgIpc) is 2.62. The Morgan fingerprint density at radius 3 is 2.77 bits per heavy atom. The summed E-state index contributed by atoms with van der Waals surface area (Å²) in [6.07, 6.45) is 6.22. The molecule has 0 saturated heterocycles. The zero-order valence-corrected chi connectivity index (χ0v) is 13.1. The van der Waals surface area contributed by atoms with E-state index in [0.29, 0.717) is 11.8 Å². The summed E-state index contributed by atoms with van der Waals surface area (Å²) in [5.41, 5.74) is 3.31. The Bertz CT molecular complexity index is 738. The molecule has 112 valence electrons. The van der Waals surface area contributed by atoms with E-state index in [1.807, 2.05) is 24.3 Å². The molecule has 2 heterocycles. The fraction of sp³-hybridized carbons (Fsp3) is 0.278. The average molecular weight is 293 g/mol. The highest BCUT2D eigenvalue weighted by Gasteiger charge is 2.21. The van der Waals surface area contributed by atoms with Crippen molar-refractivity contribution in [3.8, 4) is 0 Å². The summed E-state index contributed by atoms with van der Waals surface area (Å²) in [5.74, 6) is 1.54. The van der Waals surface area contributed by atoms with Gasteiger partial charge in [-0.25, -0.2) is 4.99 Å². The zero-order valence-electron chi connectivity index (χ0n) is 13.1. The molecule has 1 aromatic rings. The van der Waals surface area contributed by atoms with Crippen molar-refractivity contribution in [2.24, 2.45) is 15.9 Å². The molecule has 22 heavy (non-hydrogen) atoms. The van der Waals surface area contributed by atoms with Crippen LogP contribution in [0.15, 0.2) is 58.2 Å². The molecule has 0 radical (unpaired) electrons. The van der Waals surface area contributed by atoms with Crippen LogP contribution in [-0.4, -0.2) is 22.5 Å². The first-order chi connectivity index (χ1) is 10.5. The third kappa shape index (κ3) is 2.77. The maximum atomic E-state index is 11.4. The summed E-state index contributed by atoms with van der Waals surface area (Å²) in [5, 5.41) is 0. The van der Waals surface area contributed by atoms with Crippen LogP contribution in [0.3, 0.4) is 0 Å². The molecule has 1 aromatic carbocycles. The van der Waals surface area contributed by atoms with Crippen LogP contribution in [0.4, 0.5) is 0 Å². The Balaban J connectivity index is 2.12. The number of hydrogen-bond acceptors (Lipinski definition) is 2. The Kier molecular flexibility index (Phi) is 3.75. The number of carbonyl (C=O) groups excluding carboxylic acids is 1. The highest BCUT2D eigenvalue weighted by molar-refractivity contribution is 6.14. The standard InChI is InChI=1S/C18H19N3O/c1-12(2)14-8-9-17-20-18(19-13(3)22)16-7-5-4-6-15(16)11-21(17)10-14/h4-10,12H,11H2,1-3H3. The molecule has 0 fully saturated rings. The third-order valence-corrected chi connectivity index (χ3v) is 3.77. The van der Waals surface area contributed by atoms with E-state index in [1.165, 1.54) is 12.5 Å². The molecule has 2 aliphatic heterocycles. The van der Waals surface area contributed by atoms with Gasteiger partial charge in [-0.2, -0.15) is 4.99 Å². The molecule has 2 aliphatic rings. The summed E-state index contributed by atoms with van der Waals surface area (Å²) in [6, 6.07) is 7.98. The van der Waals surface area contributed by atoms with E-state index in [-0.39, 0.29) is 5.91 Å². The molecule has 0 aromatic heterocycles. The van der Waals surface area contributed by atoms with Crippen molar-refractivity contribution in [3.05, 3.63) is 59.3 Å². The minimum atomic E-state index is -0.235. The van der Waals surface area contributed by atoms with Crippen LogP contribution in [0.2, 0.25) is 0 Å². The third-order valence-electron chi connectivity index (χ3n) is 3.77. The molecule has 4 heteroatoms. The molecule has 0 bridgehead atoms. The van der Waals surface area contributed by atoms with Gasteiger partial charge in [-0.15, -0.1) is 0 Å². The van der Waals surface area contributed by atoms with Crippen molar-refractivity contribution >= 4 is 17.6 Å². The van der Waals surface area contributed by atoms with Crippen molar-refractivity contribution in [1.29, 1.82) is 0 Å². The first-order valence-electron chi connectivity index (χ1n) is 7.47. The van der Waals surface area contributed by atoms with Crippen LogP contribution in [0.5, 0.6) is 0 Å². The van der Waals surface area contributed by atoms with Crippen molar-refractivity contribution < 1.29 is 4.79 Å². The lowest BCUT2D eigenvalue weighted by Gasteiger charge is -2.24. The number of hydrogen-bond donors (Lipinski definition) is 0. The summed E-state index contributed by atoms with van der Waals surface area (Å²) in [4.78, 5) is 22.3. The Morgan fingerprint density at radius 1 is 1.27 bits per heavy atom. The van der Waals surface area contributed by atoms with Crippen LogP contribution in [0.25, 0.3) is 0 Å². The number of benzene rings is 1. The van der Waals surface area contributed by atoms with E-state index >= 15 is 0 Å². The lowest BCUT2D eigenvalue weighted by Crippen LogP contribution is -2.26. The van der Waals surface area contributed by atoms with Gasteiger partial charge in [0.15, 0.2) is 5.84 Å². The molecular weight excluding hydrogens is 274 g/mol. The second kappa shape index (κ2) is 5.72. The van der Waals surface area contributed by atoms with E-state index in [0.717, 1.165) is 23.5 Å². The molecular formula is C18H19N3O. The smallest absolute Gasteiger partial charge is 0.244 e. The Morgan fingerprint density at radius 2 is 2.05 bits per heavy atom. The largest absolute Gasteiger partial charge is 0.328 e. The first-order valence-corrected chi connectivity index (χ1v) is 7.47. The molecule has 0 atom stereocenters. The van der Waals surface area contributed by atoms with Gasteiger partial charge in [-0.1, -0.05) is 44.2 Å². The number of nitrogens with zero attached hydrogens (tertiary/aromatic N) is 3. The van der Waals surface area contributed by atoms with E-state index in [4.69, 9.17) is 0 Å². The number of carbonyl (C=O) groups is 1. The fourth-order valence-electron chi connectivity index (χ4n) is 2.59. The minimum absolute atomic E-state index is 0.235. The molecule has 0 N–H and O–H groups in total. The van der Waals surface area contributed by atoms with Gasteiger partial charge in [0.1, 0.15) is 5.84 Å². The number of amidine groups is 2. The molecule has 0 spiro atoms. The lowest BCUT2D eigenvalue weighted by molar-refractivity contribution is -0.115. The van der Waals surface area contributed by atoms with Crippen LogP contribution in [0, 0.1) is 5.92 Å². The topological polar surface area (TPSA) is 45.0 Å². The van der Waals surface area contributed by atoms with Gasteiger partial charge < -0.3 is 4.90 Å². The highest BCUT2D eigenvalue weighted by Crippen LogP contribution is 2.24. The molecule has 4 nitrogen and oxygen atoms in total. The Hall–Kier alpha value is -2.49. The van der Waals surface area contributed by atoms with Gasteiger partial charge >= 0.3 is 0 Å². The van der Waals surface area contributed by atoms with Crippen LogP contribution >= 0.6 is 0 Å². The van der Waals surface area contributed by atoms with E-state index in [9.17, 15) is 4.79 Å². The van der Waals surface area contributed by atoms with Crippen molar-refractivity contribution in [3.63, 3.8) is 0 Å². The van der Waals surface area contributed by atoms with Gasteiger partial charge in [0, 0.05) is 25.2 Å². The second-order valence-electron chi connectivity index (χ2n) is 5.83. The Labute approximate surface area is 130 Å². The molecule has 0 aliphatic carbocycles. The summed E-state index contributed by atoms with van der Waals surface area (Å²) < 4.78 is 0. The highest BCUT2D eigenvalue weighted by atomic mass is 16.1. The van der Waals surface area contributed by atoms with Gasteiger partial charge in [0.05, 0.1) is 0 Å². The SMILES string of the molecule is CC(=O)N=C1N=C2C=CC(C(C)C)=CN2Cc2ccccc21. The number of amides is 1. The number of allylic oxidation sites excluding steroid dienone is 2. The quantitative estimate of drug-likeness (QED) is 0.797. The van der Waals surface area contributed by atoms with Crippen LogP contribution in [-0.2, 0) is 11.3 Å². The van der Waals surface area contributed by atoms with Gasteiger partial charge in [-0.05, 0) is 23.1 Å². The maximum absolute atomic E-state index is 11.4. The van der Waals surface area contributed by atoms with Crippen molar-refractivity contribution in [2.45, 2.75) is 27.3 Å². The lowest BCUT2D eigenvalue weighted by atomic mass is 10.0. The maximum Gasteiger partial charge on any atom is 0.244 e. The molecule has 3 rings (SSSR count).